The molecule has 2 heteroatoms. The number of hydrogen-bond donors (Lipinski definition) is 0. The molecule has 0 aromatic heterocycles. The van der Waals surface area contributed by atoms with E-state index in [0.29, 0.717) is 11.6 Å². The second-order valence-electron chi connectivity index (χ2n) is 5.87. The van der Waals surface area contributed by atoms with Gasteiger partial charge in [0.15, 0.2) is 0 Å². The monoisotopic (exact) mass is 252 g/mol. The van der Waals surface area contributed by atoms with Crippen LogP contribution in [-0.2, 0) is 9.59 Å². The van der Waals surface area contributed by atoms with Crippen molar-refractivity contribution in [2.24, 2.45) is 11.8 Å². The summed E-state index contributed by atoms with van der Waals surface area (Å²) in [6.45, 7) is 4.37. The fourth-order valence-electron chi connectivity index (χ4n) is 3.09. The van der Waals surface area contributed by atoms with Crippen molar-refractivity contribution in [3.63, 3.8) is 0 Å². The summed E-state index contributed by atoms with van der Waals surface area (Å²) in [6.07, 6.45) is 10.7. The normalized spacial score (nSPS) is 27.2. The van der Waals surface area contributed by atoms with E-state index in [9.17, 15) is 9.59 Å². The Hall–Kier alpha value is -0.660. The van der Waals surface area contributed by atoms with Gasteiger partial charge in [0.1, 0.15) is 11.6 Å². The molecule has 0 heterocycles. The highest BCUT2D eigenvalue weighted by atomic mass is 16.1. The zero-order valence-electron chi connectivity index (χ0n) is 12.0. The van der Waals surface area contributed by atoms with Crippen molar-refractivity contribution in [1.82, 2.24) is 0 Å². The molecule has 0 radical (unpaired) electrons. The molecule has 18 heavy (non-hydrogen) atoms. The predicted molar refractivity (Wildman–Crippen MR) is 74.5 cm³/mol. The van der Waals surface area contributed by atoms with Crippen LogP contribution in [0.2, 0.25) is 0 Å². The fourth-order valence-corrected chi connectivity index (χ4v) is 3.09. The largest absolute Gasteiger partial charge is 0.300 e. The first kappa shape index (κ1) is 15.4. The Labute approximate surface area is 112 Å². The maximum atomic E-state index is 10.7. The molecular weight excluding hydrogens is 224 g/mol. The van der Waals surface area contributed by atoms with Gasteiger partial charge in [0, 0.05) is 25.7 Å². The molecule has 2 atom stereocenters. The Balaban J connectivity index is 0.000000180. The van der Waals surface area contributed by atoms with E-state index < -0.39 is 0 Å². The van der Waals surface area contributed by atoms with E-state index in [4.69, 9.17) is 0 Å². The number of hydrogen-bond acceptors (Lipinski definition) is 2. The van der Waals surface area contributed by atoms with Crippen molar-refractivity contribution in [3.8, 4) is 0 Å². The Kier molecular flexibility index (Phi) is 7.22. The van der Waals surface area contributed by atoms with E-state index in [2.05, 4.69) is 13.8 Å². The SMILES string of the molecule is CCCC1CCC(=O)C1.CCCC1CCC(=O)C1. The van der Waals surface area contributed by atoms with Gasteiger partial charge in [0.2, 0.25) is 0 Å². The van der Waals surface area contributed by atoms with Gasteiger partial charge in [0.25, 0.3) is 0 Å². The van der Waals surface area contributed by atoms with Crippen molar-refractivity contribution < 1.29 is 9.59 Å². The molecule has 2 unspecified atom stereocenters. The van der Waals surface area contributed by atoms with E-state index in [1.807, 2.05) is 0 Å². The lowest BCUT2D eigenvalue weighted by Gasteiger charge is -2.02. The van der Waals surface area contributed by atoms with Crippen LogP contribution < -0.4 is 0 Å². The van der Waals surface area contributed by atoms with Crippen LogP contribution in [-0.4, -0.2) is 11.6 Å². The lowest BCUT2D eigenvalue weighted by Crippen LogP contribution is -1.93. The van der Waals surface area contributed by atoms with Gasteiger partial charge in [0.05, 0.1) is 0 Å². The van der Waals surface area contributed by atoms with Gasteiger partial charge in [-0.3, -0.25) is 9.59 Å². The van der Waals surface area contributed by atoms with Gasteiger partial charge in [-0.15, -0.1) is 0 Å². The van der Waals surface area contributed by atoms with Crippen LogP contribution in [0.3, 0.4) is 0 Å². The van der Waals surface area contributed by atoms with Gasteiger partial charge in [-0.05, 0) is 24.7 Å². The van der Waals surface area contributed by atoms with Crippen molar-refractivity contribution in [2.75, 3.05) is 0 Å². The highest BCUT2D eigenvalue weighted by Gasteiger charge is 2.21. The first-order valence-electron chi connectivity index (χ1n) is 7.69. The molecule has 2 saturated carbocycles. The minimum Gasteiger partial charge on any atom is -0.300 e. The molecule has 2 fully saturated rings. The van der Waals surface area contributed by atoms with Gasteiger partial charge in [-0.2, -0.15) is 0 Å². The molecule has 0 saturated heterocycles. The maximum Gasteiger partial charge on any atom is 0.133 e. The number of rotatable bonds is 4. The second kappa shape index (κ2) is 8.44. The minimum atomic E-state index is 0.480. The van der Waals surface area contributed by atoms with Crippen molar-refractivity contribution in [3.05, 3.63) is 0 Å². The van der Waals surface area contributed by atoms with Crippen LogP contribution in [0, 0.1) is 11.8 Å². The Morgan fingerprint density at radius 2 is 1.22 bits per heavy atom. The highest BCUT2D eigenvalue weighted by molar-refractivity contribution is 5.80. The van der Waals surface area contributed by atoms with Crippen LogP contribution >= 0.6 is 0 Å². The lowest BCUT2D eigenvalue weighted by molar-refractivity contribution is -0.118. The molecule has 2 aliphatic rings. The second-order valence-corrected chi connectivity index (χ2v) is 5.87. The highest BCUT2D eigenvalue weighted by Crippen LogP contribution is 2.26. The first-order chi connectivity index (χ1) is 8.65. The van der Waals surface area contributed by atoms with E-state index in [0.717, 1.165) is 50.4 Å². The molecule has 2 nitrogen and oxygen atoms in total. The summed E-state index contributed by atoms with van der Waals surface area (Å²) in [4.78, 5) is 21.5. The third-order valence-electron chi connectivity index (χ3n) is 4.09. The molecule has 0 aromatic rings. The summed E-state index contributed by atoms with van der Waals surface area (Å²) in [7, 11) is 0. The van der Waals surface area contributed by atoms with Crippen LogP contribution in [0.4, 0.5) is 0 Å². The zero-order valence-corrected chi connectivity index (χ0v) is 12.0. The molecule has 104 valence electrons. The number of carbonyl (C=O) groups excluding carboxylic acids is 2. The molecule has 0 N–H and O–H groups in total. The molecule has 0 amide bonds. The molecule has 0 aromatic carbocycles. The van der Waals surface area contributed by atoms with Crippen molar-refractivity contribution >= 4 is 11.6 Å². The first-order valence-corrected chi connectivity index (χ1v) is 7.69. The summed E-state index contributed by atoms with van der Waals surface area (Å²) < 4.78 is 0. The van der Waals surface area contributed by atoms with Gasteiger partial charge in [-0.25, -0.2) is 0 Å². The Bertz CT molecular complexity index is 242. The summed E-state index contributed by atoms with van der Waals surface area (Å²) >= 11 is 0. The smallest absolute Gasteiger partial charge is 0.133 e. The number of ketones is 2. The molecular formula is C16H28O2. The molecule has 0 spiro atoms. The zero-order chi connectivity index (χ0) is 13.4. The third-order valence-corrected chi connectivity index (χ3v) is 4.09. The Morgan fingerprint density at radius 3 is 1.44 bits per heavy atom. The predicted octanol–water partition coefficient (Wildman–Crippen LogP) is 4.31. The minimum absolute atomic E-state index is 0.480. The number of Topliss-reactive ketones (excluding diaryl/α,β-unsaturated/α-hetero) is 2. The number of carbonyl (C=O) groups is 2. The quantitative estimate of drug-likeness (QED) is 0.747. The van der Waals surface area contributed by atoms with E-state index in [-0.39, 0.29) is 0 Å². The van der Waals surface area contributed by atoms with Crippen LogP contribution in [0.15, 0.2) is 0 Å². The molecule has 2 aliphatic carbocycles. The molecule has 2 rings (SSSR count). The average Bonchev–Trinajstić information content (AvgIpc) is 2.90. The van der Waals surface area contributed by atoms with E-state index >= 15 is 0 Å². The lowest BCUT2D eigenvalue weighted by atomic mass is 10.0. The summed E-state index contributed by atoms with van der Waals surface area (Å²) in [6, 6.07) is 0. The summed E-state index contributed by atoms with van der Waals surface area (Å²) in [5.74, 6) is 2.44. The maximum absolute atomic E-state index is 10.7. The van der Waals surface area contributed by atoms with Crippen LogP contribution in [0.1, 0.15) is 78.1 Å². The standard InChI is InChI=1S/2C8H14O/c2*1-2-3-7-4-5-8(9)6-7/h2*7H,2-6H2,1H3. The Morgan fingerprint density at radius 1 is 0.833 bits per heavy atom. The summed E-state index contributed by atoms with van der Waals surface area (Å²) in [5.41, 5.74) is 0. The topological polar surface area (TPSA) is 34.1 Å². The van der Waals surface area contributed by atoms with Crippen molar-refractivity contribution in [2.45, 2.75) is 78.1 Å². The fraction of sp³-hybridized carbons (Fsp3) is 0.875. The van der Waals surface area contributed by atoms with Crippen LogP contribution in [0.5, 0.6) is 0 Å². The van der Waals surface area contributed by atoms with Crippen LogP contribution in [0.25, 0.3) is 0 Å². The molecule has 0 bridgehead atoms. The van der Waals surface area contributed by atoms with E-state index in [1.165, 1.54) is 25.7 Å². The van der Waals surface area contributed by atoms with Crippen molar-refractivity contribution in [1.29, 1.82) is 0 Å². The summed E-state index contributed by atoms with van der Waals surface area (Å²) in [5, 5.41) is 0. The van der Waals surface area contributed by atoms with Gasteiger partial charge < -0.3 is 0 Å². The van der Waals surface area contributed by atoms with Gasteiger partial charge >= 0.3 is 0 Å². The van der Waals surface area contributed by atoms with E-state index in [1.54, 1.807) is 0 Å². The average molecular weight is 252 g/mol. The van der Waals surface area contributed by atoms with Gasteiger partial charge in [-0.1, -0.05) is 39.5 Å². The third kappa shape index (κ3) is 5.79. The molecule has 0 aliphatic heterocycles.